The summed E-state index contributed by atoms with van der Waals surface area (Å²) in [6.45, 7) is 0. The van der Waals surface area contributed by atoms with Crippen LogP contribution in [0.25, 0.3) is 0 Å². The van der Waals surface area contributed by atoms with Crippen LogP contribution in [0.4, 0.5) is 87.8 Å². The average Bonchev–Trinajstić information content (AvgIpc) is 3.08. The fraction of sp³-hybridized carbons (Fsp3) is 1.00. The van der Waals surface area contributed by atoms with Crippen LogP contribution < -0.4 is 0 Å². The van der Waals surface area contributed by atoms with Crippen LogP contribution in [0.3, 0.4) is 0 Å². The summed E-state index contributed by atoms with van der Waals surface area (Å²) >= 11 is 0. The molecule has 0 amide bonds. The third kappa shape index (κ3) is 2.89. The van der Waals surface area contributed by atoms with Crippen molar-refractivity contribution in [1.29, 1.82) is 0 Å². The lowest BCUT2D eigenvalue weighted by atomic mass is 9.84. The summed E-state index contributed by atoms with van der Waals surface area (Å²) in [6, 6.07) is 0. The molecule has 0 saturated carbocycles. The minimum absolute atomic E-state index is 1.93. The van der Waals surface area contributed by atoms with Gasteiger partial charge in [-0.2, -0.15) is 83.4 Å². The molecule has 0 radical (unpaired) electrons. The van der Waals surface area contributed by atoms with Crippen molar-refractivity contribution in [3.63, 3.8) is 0 Å². The fourth-order valence-electron chi connectivity index (χ4n) is 2.00. The SMILES string of the molecule is FC(F)(F)C1(F)OC1(F)C(F)(F)C(F)(F)C(F)(F)C(F)(F)C(F)(C(F)(F)F)C(F)(F)F. The standard InChI is InChI=1S/C10F20O/c11-1(8(22,23)24,9(25,26)27)2(12,13)3(14,15)4(16,17)5(18,19)6(20)7(21,31-6)10(28,29)30. The summed E-state index contributed by atoms with van der Waals surface area (Å²) < 4.78 is 257. The van der Waals surface area contributed by atoms with Crippen molar-refractivity contribution in [2.75, 3.05) is 0 Å². The lowest BCUT2D eigenvalue weighted by Crippen LogP contribution is -2.76. The monoisotopic (exact) mass is 516 g/mol. The van der Waals surface area contributed by atoms with Crippen LogP contribution in [-0.2, 0) is 4.74 Å². The van der Waals surface area contributed by atoms with E-state index in [2.05, 4.69) is 0 Å². The van der Waals surface area contributed by atoms with E-state index in [4.69, 9.17) is 0 Å². The van der Waals surface area contributed by atoms with Gasteiger partial charge in [-0.15, -0.1) is 0 Å². The van der Waals surface area contributed by atoms with Crippen LogP contribution in [-0.4, -0.2) is 59.6 Å². The third-order valence-corrected chi connectivity index (χ3v) is 3.82. The van der Waals surface area contributed by atoms with Gasteiger partial charge in [0, 0.05) is 0 Å². The number of rotatable bonds is 5. The Kier molecular flexibility index (Phi) is 5.44. The van der Waals surface area contributed by atoms with Crippen molar-refractivity contribution in [3.05, 3.63) is 0 Å². The molecule has 2 atom stereocenters. The fourth-order valence-corrected chi connectivity index (χ4v) is 2.00. The molecule has 21 heteroatoms. The summed E-state index contributed by atoms with van der Waals surface area (Å²) in [5, 5.41) is 0. The van der Waals surface area contributed by atoms with Gasteiger partial charge in [0.05, 0.1) is 0 Å². The van der Waals surface area contributed by atoms with Crippen LogP contribution in [0.1, 0.15) is 0 Å². The maximum Gasteiger partial charge on any atom is 0.455 e. The van der Waals surface area contributed by atoms with Crippen molar-refractivity contribution in [2.24, 2.45) is 0 Å². The molecule has 0 N–H and O–H groups in total. The number of ether oxygens (including phenoxy) is 1. The maximum absolute atomic E-state index is 13.3. The zero-order valence-corrected chi connectivity index (χ0v) is 13.0. The van der Waals surface area contributed by atoms with Crippen LogP contribution in [0.15, 0.2) is 0 Å². The van der Waals surface area contributed by atoms with Gasteiger partial charge in [-0.05, 0) is 0 Å². The van der Waals surface area contributed by atoms with Gasteiger partial charge in [0.1, 0.15) is 0 Å². The highest BCUT2D eigenvalue weighted by Crippen LogP contribution is 2.72. The number of hydrogen-bond acceptors (Lipinski definition) is 1. The molecule has 0 aromatic rings. The summed E-state index contributed by atoms with van der Waals surface area (Å²) in [4.78, 5) is 0. The summed E-state index contributed by atoms with van der Waals surface area (Å²) in [6.07, 6.45) is -23.7. The van der Waals surface area contributed by atoms with E-state index in [0.29, 0.717) is 0 Å². The van der Waals surface area contributed by atoms with Gasteiger partial charge in [-0.25, -0.2) is 4.39 Å². The van der Waals surface area contributed by atoms with Crippen LogP contribution in [0, 0.1) is 0 Å². The Labute approximate surface area is 153 Å². The van der Waals surface area contributed by atoms with E-state index in [-0.39, 0.29) is 0 Å². The summed E-state index contributed by atoms with van der Waals surface area (Å²) in [5.74, 6) is -48.7. The second-order valence-electron chi connectivity index (χ2n) is 5.74. The van der Waals surface area contributed by atoms with Crippen molar-refractivity contribution < 1.29 is 92.5 Å². The molecule has 2 unspecified atom stereocenters. The van der Waals surface area contributed by atoms with Crippen molar-refractivity contribution in [2.45, 2.75) is 59.6 Å². The van der Waals surface area contributed by atoms with Crippen LogP contribution in [0.5, 0.6) is 0 Å². The maximum atomic E-state index is 13.3. The van der Waals surface area contributed by atoms with Crippen LogP contribution >= 0.6 is 0 Å². The largest absolute Gasteiger partial charge is 0.455 e. The minimum atomic E-state index is -8.99. The second-order valence-corrected chi connectivity index (χ2v) is 5.74. The van der Waals surface area contributed by atoms with E-state index in [9.17, 15) is 87.8 Å². The molecule has 1 nitrogen and oxygen atoms in total. The van der Waals surface area contributed by atoms with E-state index in [0.717, 1.165) is 0 Å². The lowest BCUT2D eigenvalue weighted by Gasteiger charge is -2.43. The smallest absolute Gasteiger partial charge is 0.286 e. The van der Waals surface area contributed by atoms with E-state index in [1.165, 1.54) is 0 Å². The van der Waals surface area contributed by atoms with Gasteiger partial charge < -0.3 is 0 Å². The third-order valence-electron chi connectivity index (χ3n) is 3.82. The normalized spacial score (nSPS) is 27.5. The number of hydrogen-bond donors (Lipinski definition) is 0. The molecule has 1 fully saturated rings. The molecule has 1 saturated heterocycles. The van der Waals surface area contributed by atoms with Gasteiger partial charge in [0.25, 0.3) is 0 Å². The predicted octanol–water partition coefficient (Wildman–Crippen LogP) is 6.28. The predicted molar refractivity (Wildman–Crippen MR) is 50.6 cm³/mol. The first kappa shape index (κ1) is 27.6. The Bertz CT molecular complexity index is 697. The Balaban J connectivity index is 3.75. The van der Waals surface area contributed by atoms with Crippen LogP contribution in [0.2, 0.25) is 0 Å². The number of alkyl halides is 20. The topological polar surface area (TPSA) is 12.5 Å². The molecule has 0 aromatic heterocycles. The first-order valence-corrected chi connectivity index (χ1v) is 6.44. The first-order valence-electron chi connectivity index (χ1n) is 6.44. The van der Waals surface area contributed by atoms with Gasteiger partial charge >= 0.3 is 59.6 Å². The van der Waals surface area contributed by atoms with Gasteiger partial charge in [0.2, 0.25) is 0 Å². The molecular formula is C10F20O. The molecule has 0 aliphatic carbocycles. The Morgan fingerprint density at radius 1 is 0.419 bits per heavy atom. The molecule has 0 aromatic carbocycles. The number of halogens is 20. The summed E-state index contributed by atoms with van der Waals surface area (Å²) in [5.41, 5.74) is -8.74. The molecule has 186 valence electrons. The quantitative estimate of drug-likeness (QED) is 0.310. The molecule has 1 rings (SSSR count). The highest BCUT2D eigenvalue weighted by atomic mass is 19.4. The molecule has 31 heavy (non-hydrogen) atoms. The Hall–Kier alpha value is -1.44. The first-order chi connectivity index (χ1) is 13.0. The second kappa shape index (κ2) is 6.12. The van der Waals surface area contributed by atoms with Gasteiger partial charge in [-0.1, -0.05) is 0 Å². The molecule has 0 bridgehead atoms. The average molecular weight is 516 g/mol. The van der Waals surface area contributed by atoms with E-state index in [1.807, 2.05) is 4.74 Å². The summed E-state index contributed by atoms with van der Waals surface area (Å²) in [7, 11) is 0. The van der Waals surface area contributed by atoms with E-state index in [1.54, 1.807) is 0 Å². The van der Waals surface area contributed by atoms with E-state index < -0.39 is 59.6 Å². The minimum Gasteiger partial charge on any atom is -0.286 e. The highest BCUT2D eigenvalue weighted by Gasteiger charge is 3.04. The van der Waals surface area contributed by atoms with Crippen molar-refractivity contribution in [3.8, 4) is 0 Å². The zero-order valence-electron chi connectivity index (χ0n) is 13.0. The van der Waals surface area contributed by atoms with Gasteiger partial charge in [0.15, 0.2) is 0 Å². The van der Waals surface area contributed by atoms with E-state index >= 15 is 0 Å². The lowest BCUT2D eigenvalue weighted by molar-refractivity contribution is -0.462. The molecule has 1 aliphatic heterocycles. The van der Waals surface area contributed by atoms with Crippen molar-refractivity contribution in [1.82, 2.24) is 0 Å². The van der Waals surface area contributed by atoms with Crippen molar-refractivity contribution >= 4 is 0 Å². The molecule has 0 spiro atoms. The Morgan fingerprint density at radius 3 is 0.968 bits per heavy atom. The molecule has 1 aliphatic rings. The van der Waals surface area contributed by atoms with Gasteiger partial charge in [-0.3, -0.25) is 4.74 Å². The number of epoxide rings is 1. The molecular weight excluding hydrogens is 516 g/mol. The zero-order chi connectivity index (χ0) is 25.7. The highest BCUT2D eigenvalue weighted by molar-refractivity contribution is 5.23. The Morgan fingerprint density at radius 2 is 0.742 bits per heavy atom. The molecule has 1 heterocycles.